The number of carbonyl (C=O) groups is 1. The van der Waals surface area contributed by atoms with Crippen molar-refractivity contribution in [2.75, 3.05) is 0 Å². The molecule has 0 fully saturated rings. The van der Waals surface area contributed by atoms with Crippen molar-refractivity contribution in [2.24, 2.45) is 0 Å². The van der Waals surface area contributed by atoms with Gasteiger partial charge in [-0.1, -0.05) is 34.1 Å². The molecular weight excluding hydrogens is 224 g/mol. The SMILES string of the molecule is CCCC(C)n1nc(CC)c(C(=O)CC)c1CC. The van der Waals surface area contributed by atoms with Crippen LogP contribution in [0.5, 0.6) is 0 Å². The van der Waals surface area contributed by atoms with Crippen molar-refractivity contribution >= 4 is 5.78 Å². The Bertz CT molecular complexity index is 407. The van der Waals surface area contributed by atoms with Crippen molar-refractivity contribution in [1.29, 1.82) is 0 Å². The minimum atomic E-state index is 0.235. The van der Waals surface area contributed by atoms with Crippen LogP contribution in [0.25, 0.3) is 0 Å². The lowest BCUT2D eigenvalue weighted by Gasteiger charge is -2.14. The zero-order valence-electron chi connectivity index (χ0n) is 12.4. The third kappa shape index (κ3) is 2.82. The Labute approximate surface area is 111 Å². The highest BCUT2D eigenvalue weighted by Crippen LogP contribution is 2.23. The van der Waals surface area contributed by atoms with Gasteiger partial charge in [0.25, 0.3) is 0 Å². The smallest absolute Gasteiger partial charge is 0.166 e. The summed E-state index contributed by atoms with van der Waals surface area (Å²) < 4.78 is 2.09. The van der Waals surface area contributed by atoms with Gasteiger partial charge in [-0.25, -0.2) is 0 Å². The minimum Gasteiger partial charge on any atom is -0.294 e. The van der Waals surface area contributed by atoms with Crippen LogP contribution in [0, 0.1) is 0 Å². The van der Waals surface area contributed by atoms with Gasteiger partial charge in [0.2, 0.25) is 0 Å². The molecule has 0 spiro atoms. The third-order valence-electron chi connectivity index (χ3n) is 3.48. The first-order chi connectivity index (χ1) is 8.60. The Hall–Kier alpha value is -1.12. The highest BCUT2D eigenvalue weighted by Gasteiger charge is 2.22. The molecule has 3 nitrogen and oxygen atoms in total. The standard InChI is InChI=1S/C15H26N2O/c1-6-10-11(5)17-13(8-3)15(14(18)9-4)12(7-2)16-17/h11H,6-10H2,1-5H3. The predicted octanol–water partition coefficient (Wildman–Crippen LogP) is 3.96. The quantitative estimate of drug-likeness (QED) is 0.686. The van der Waals surface area contributed by atoms with Gasteiger partial charge in [0.15, 0.2) is 5.78 Å². The number of ketones is 1. The minimum absolute atomic E-state index is 0.235. The van der Waals surface area contributed by atoms with E-state index in [9.17, 15) is 4.79 Å². The summed E-state index contributed by atoms with van der Waals surface area (Å²) in [5.74, 6) is 0.235. The van der Waals surface area contributed by atoms with Crippen LogP contribution in [0.4, 0.5) is 0 Å². The molecule has 102 valence electrons. The Kier molecular flexibility index (Phi) is 5.57. The van der Waals surface area contributed by atoms with E-state index in [-0.39, 0.29) is 5.78 Å². The zero-order valence-corrected chi connectivity index (χ0v) is 12.4. The summed E-state index contributed by atoms with van der Waals surface area (Å²) in [5.41, 5.74) is 2.99. The van der Waals surface area contributed by atoms with Gasteiger partial charge in [0, 0.05) is 18.2 Å². The molecule has 1 atom stereocenters. The Morgan fingerprint density at radius 2 is 1.89 bits per heavy atom. The molecule has 1 heterocycles. The second-order valence-corrected chi connectivity index (χ2v) is 4.83. The fraction of sp³-hybridized carbons (Fsp3) is 0.733. The highest BCUT2D eigenvalue weighted by molar-refractivity contribution is 5.98. The molecule has 1 rings (SSSR count). The van der Waals surface area contributed by atoms with E-state index in [0.717, 1.165) is 42.6 Å². The molecule has 0 aliphatic rings. The molecule has 0 saturated heterocycles. The van der Waals surface area contributed by atoms with Crippen molar-refractivity contribution in [3.63, 3.8) is 0 Å². The maximum atomic E-state index is 12.1. The number of aromatic nitrogens is 2. The van der Waals surface area contributed by atoms with Crippen LogP contribution in [-0.4, -0.2) is 15.6 Å². The van der Waals surface area contributed by atoms with E-state index >= 15 is 0 Å². The molecule has 1 unspecified atom stereocenters. The molecule has 3 heteroatoms. The first-order valence-electron chi connectivity index (χ1n) is 7.23. The summed E-state index contributed by atoms with van der Waals surface area (Å²) in [6.07, 6.45) is 4.52. The number of Topliss-reactive ketones (excluding diaryl/α,β-unsaturated/α-hetero) is 1. The third-order valence-corrected chi connectivity index (χ3v) is 3.48. The molecule has 0 radical (unpaired) electrons. The van der Waals surface area contributed by atoms with Crippen LogP contribution in [0.2, 0.25) is 0 Å². The Morgan fingerprint density at radius 3 is 2.33 bits per heavy atom. The van der Waals surface area contributed by atoms with Gasteiger partial charge in [-0.05, 0) is 26.2 Å². The summed E-state index contributed by atoms with van der Waals surface area (Å²) in [6.45, 7) is 10.5. The summed E-state index contributed by atoms with van der Waals surface area (Å²) in [7, 11) is 0. The van der Waals surface area contributed by atoms with Crippen LogP contribution in [0.3, 0.4) is 0 Å². The van der Waals surface area contributed by atoms with Gasteiger partial charge in [0.05, 0.1) is 11.3 Å². The number of nitrogens with zero attached hydrogens (tertiary/aromatic N) is 2. The zero-order chi connectivity index (χ0) is 13.7. The highest BCUT2D eigenvalue weighted by atomic mass is 16.1. The number of hydrogen-bond acceptors (Lipinski definition) is 2. The van der Waals surface area contributed by atoms with Crippen molar-refractivity contribution in [1.82, 2.24) is 9.78 Å². The molecule has 0 aromatic carbocycles. The van der Waals surface area contributed by atoms with Gasteiger partial charge in [-0.2, -0.15) is 5.10 Å². The average Bonchev–Trinajstić information content (AvgIpc) is 2.76. The maximum absolute atomic E-state index is 12.1. The lowest BCUT2D eigenvalue weighted by molar-refractivity contribution is 0.0986. The summed E-state index contributed by atoms with van der Waals surface area (Å²) in [4.78, 5) is 12.1. The average molecular weight is 250 g/mol. The van der Waals surface area contributed by atoms with Crippen LogP contribution >= 0.6 is 0 Å². The van der Waals surface area contributed by atoms with Gasteiger partial charge in [-0.3, -0.25) is 9.48 Å². The molecular formula is C15H26N2O. The first-order valence-corrected chi connectivity index (χ1v) is 7.23. The molecule has 1 aromatic heterocycles. The summed E-state index contributed by atoms with van der Waals surface area (Å²) in [6, 6.07) is 0.383. The van der Waals surface area contributed by atoms with Crippen molar-refractivity contribution in [2.45, 2.75) is 72.8 Å². The second-order valence-electron chi connectivity index (χ2n) is 4.83. The maximum Gasteiger partial charge on any atom is 0.166 e. The summed E-state index contributed by atoms with van der Waals surface area (Å²) in [5, 5.41) is 4.68. The van der Waals surface area contributed by atoms with Crippen LogP contribution in [0.1, 0.15) is 81.7 Å². The number of hydrogen-bond donors (Lipinski definition) is 0. The van der Waals surface area contributed by atoms with Crippen LogP contribution in [-0.2, 0) is 12.8 Å². The van der Waals surface area contributed by atoms with Crippen molar-refractivity contribution < 1.29 is 4.79 Å². The number of rotatable bonds is 7. The predicted molar refractivity (Wildman–Crippen MR) is 75.2 cm³/mol. The van der Waals surface area contributed by atoms with E-state index in [1.165, 1.54) is 0 Å². The van der Waals surface area contributed by atoms with E-state index in [0.29, 0.717) is 12.5 Å². The molecule has 0 aliphatic heterocycles. The van der Waals surface area contributed by atoms with Crippen molar-refractivity contribution in [3.8, 4) is 0 Å². The second kappa shape index (κ2) is 6.72. The van der Waals surface area contributed by atoms with E-state index in [2.05, 4.69) is 37.5 Å². The fourth-order valence-corrected chi connectivity index (χ4v) is 2.51. The van der Waals surface area contributed by atoms with Gasteiger partial charge in [-0.15, -0.1) is 0 Å². The molecule has 0 amide bonds. The summed E-state index contributed by atoms with van der Waals surface area (Å²) >= 11 is 0. The van der Waals surface area contributed by atoms with E-state index in [4.69, 9.17) is 0 Å². The van der Waals surface area contributed by atoms with Crippen molar-refractivity contribution in [3.05, 3.63) is 17.0 Å². The molecule has 0 N–H and O–H groups in total. The monoisotopic (exact) mass is 250 g/mol. The lowest BCUT2D eigenvalue weighted by atomic mass is 10.0. The number of carbonyl (C=O) groups excluding carboxylic acids is 1. The van der Waals surface area contributed by atoms with Gasteiger partial charge in [0.1, 0.15) is 0 Å². The van der Waals surface area contributed by atoms with E-state index < -0.39 is 0 Å². The van der Waals surface area contributed by atoms with Gasteiger partial charge >= 0.3 is 0 Å². The van der Waals surface area contributed by atoms with E-state index in [1.54, 1.807) is 0 Å². The Morgan fingerprint density at radius 1 is 1.22 bits per heavy atom. The first kappa shape index (κ1) is 14.9. The molecule has 1 aromatic rings. The molecule has 18 heavy (non-hydrogen) atoms. The van der Waals surface area contributed by atoms with Crippen LogP contribution < -0.4 is 0 Å². The molecule has 0 bridgehead atoms. The number of aryl methyl sites for hydroxylation is 1. The van der Waals surface area contributed by atoms with Gasteiger partial charge < -0.3 is 0 Å². The van der Waals surface area contributed by atoms with E-state index in [1.807, 2.05) is 6.92 Å². The molecule has 0 aliphatic carbocycles. The molecule has 0 saturated carbocycles. The lowest BCUT2D eigenvalue weighted by Crippen LogP contribution is -2.11. The largest absolute Gasteiger partial charge is 0.294 e. The normalized spacial score (nSPS) is 12.7. The van der Waals surface area contributed by atoms with Crippen LogP contribution in [0.15, 0.2) is 0 Å². The fourth-order valence-electron chi connectivity index (χ4n) is 2.51. The Balaban J connectivity index is 3.28. The topological polar surface area (TPSA) is 34.9 Å².